The molecule has 2 heterocycles. The van der Waals surface area contributed by atoms with Crippen LogP contribution in [-0.4, -0.2) is 40.8 Å². The normalized spacial score (nSPS) is 11.0. The Hall–Kier alpha value is -2.93. The van der Waals surface area contributed by atoms with Gasteiger partial charge in [-0.1, -0.05) is 18.2 Å². The van der Waals surface area contributed by atoms with Gasteiger partial charge in [0.05, 0.1) is 30.5 Å². The quantitative estimate of drug-likeness (QED) is 0.648. The van der Waals surface area contributed by atoms with Crippen LogP contribution >= 0.6 is 0 Å². The SMILES string of the molecule is COCCN(Cc1ccco1)C(=O)Cn1nc(C)c2ccccc2c1=O. The molecule has 0 unspecified atom stereocenters. The molecule has 3 rings (SSSR count). The third kappa shape index (κ3) is 3.83. The molecule has 0 fully saturated rings. The zero-order chi connectivity index (χ0) is 18.5. The van der Waals surface area contributed by atoms with Gasteiger partial charge in [-0.05, 0) is 25.1 Å². The van der Waals surface area contributed by atoms with E-state index in [1.165, 1.54) is 4.68 Å². The molecule has 0 aliphatic carbocycles. The minimum Gasteiger partial charge on any atom is -0.467 e. The van der Waals surface area contributed by atoms with Crippen molar-refractivity contribution >= 4 is 16.7 Å². The largest absolute Gasteiger partial charge is 0.467 e. The van der Waals surface area contributed by atoms with E-state index in [-0.39, 0.29) is 18.0 Å². The van der Waals surface area contributed by atoms with Gasteiger partial charge in [-0.2, -0.15) is 5.10 Å². The molecule has 7 nitrogen and oxygen atoms in total. The molecule has 136 valence electrons. The number of fused-ring (bicyclic) bond motifs is 1. The molecule has 0 atom stereocenters. The van der Waals surface area contributed by atoms with Crippen LogP contribution in [0.1, 0.15) is 11.5 Å². The van der Waals surface area contributed by atoms with Crippen LogP contribution in [0.2, 0.25) is 0 Å². The number of carbonyl (C=O) groups is 1. The summed E-state index contributed by atoms with van der Waals surface area (Å²) in [5, 5.41) is 5.66. The number of hydrogen-bond acceptors (Lipinski definition) is 5. The maximum Gasteiger partial charge on any atom is 0.275 e. The zero-order valence-electron chi connectivity index (χ0n) is 14.8. The van der Waals surface area contributed by atoms with Crippen LogP contribution in [0.3, 0.4) is 0 Å². The molecule has 0 bridgehead atoms. The molecule has 0 saturated carbocycles. The van der Waals surface area contributed by atoms with Crippen molar-refractivity contribution in [3.63, 3.8) is 0 Å². The number of methoxy groups -OCH3 is 1. The molecule has 0 saturated heterocycles. The van der Waals surface area contributed by atoms with Crippen LogP contribution in [0, 0.1) is 6.92 Å². The number of aromatic nitrogens is 2. The van der Waals surface area contributed by atoms with E-state index in [4.69, 9.17) is 9.15 Å². The highest BCUT2D eigenvalue weighted by molar-refractivity contribution is 5.83. The van der Waals surface area contributed by atoms with Crippen LogP contribution in [0.15, 0.2) is 51.9 Å². The summed E-state index contributed by atoms with van der Waals surface area (Å²) < 4.78 is 11.6. The van der Waals surface area contributed by atoms with Gasteiger partial charge in [-0.25, -0.2) is 4.68 Å². The van der Waals surface area contributed by atoms with Crippen LogP contribution in [0.25, 0.3) is 10.8 Å². The molecular weight excluding hydrogens is 334 g/mol. The minimum atomic E-state index is -0.274. The maximum atomic E-state index is 12.8. The zero-order valence-corrected chi connectivity index (χ0v) is 14.8. The van der Waals surface area contributed by atoms with E-state index in [2.05, 4.69) is 5.10 Å². The Bertz CT molecular complexity index is 947. The predicted molar refractivity (Wildman–Crippen MR) is 96.7 cm³/mol. The van der Waals surface area contributed by atoms with Gasteiger partial charge in [0.1, 0.15) is 12.3 Å². The highest BCUT2D eigenvalue weighted by Crippen LogP contribution is 2.12. The Labute approximate surface area is 150 Å². The lowest BCUT2D eigenvalue weighted by molar-refractivity contribution is -0.133. The van der Waals surface area contributed by atoms with E-state index in [1.54, 1.807) is 42.5 Å². The van der Waals surface area contributed by atoms with Gasteiger partial charge in [0.15, 0.2) is 0 Å². The summed E-state index contributed by atoms with van der Waals surface area (Å²) in [6.45, 7) is 2.81. The molecule has 7 heteroatoms. The molecule has 26 heavy (non-hydrogen) atoms. The van der Waals surface area contributed by atoms with E-state index in [1.807, 2.05) is 19.1 Å². The van der Waals surface area contributed by atoms with Crippen molar-refractivity contribution < 1.29 is 13.9 Å². The standard InChI is InChI=1S/C19H21N3O4/c1-14-16-7-3-4-8-17(16)19(24)22(20-14)13-18(23)21(9-11-25-2)12-15-6-5-10-26-15/h3-8,10H,9,11-13H2,1-2H3. The second-order valence-electron chi connectivity index (χ2n) is 5.98. The molecule has 2 aromatic heterocycles. The van der Waals surface area contributed by atoms with Gasteiger partial charge in [-0.3, -0.25) is 9.59 Å². The lowest BCUT2D eigenvalue weighted by Gasteiger charge is -2.21. The molecule has 0 aliphatic heterocycles. The topological polar surface area (TPSA) is 77.6 Å². The van der Waals surface area contributed by atoms with Gasteiger partial charge < -0.3 is 14.1 Å². The van der Waals surface area contributed by atoms with E-state index < -0.39 is 0 Å². The summed E-state index contributed by atoms with van der Waals surface area (Å²) in [6.07, 6.45) is 1.56. The number of amides is 1. The average molecular weight is 355 g/mol. The third-order valence-corrected chi connectivity index (χ3v) is 4.18. The first kappa shape index (κ1) is 17.9. The third-order valence-electron chi connectivity index (χ3n) is 4.18. The Kier molecular flexibility index (Phi) is 5.48. The van der Waals surface area contributed by atoms with Crippen molar-refractivity contribution in [3.05, 3.63) is 64.5 Å². The Morgan fingerprint density at radius 2 is 2.00 bits per heavy atom. The maximum absolute atomic E-state index is 12.8. The molecule has 0 spiro atoms. The first-order valence-corrected chi connectivity index (χ1v) is 8.35. The lowest BCUT2D eigenvalue weighted by Crippen LogP contribution is -2.39. The lowest BCUT2D eigenvalue weighted by atomic mass is 10.1. The molecular formula is C19H21N3O4. The second kappa shape index (κ2) is 7.97. The number of aryl methyl sites for hydroxylation is 1. The van der Waals surface area contributed by atoms with Crippen molar-refractivity contribution in [1.82, 2.24) is 14.7 Å². The number of rotatable bonds is 7. The van der Waals surface area contributed by atoms with Crippen molar-refractivity contribution in [2.24, 2.45) is 0 Å². The number of benzene rings is 1. The monoisotopic (exact) mass is 355 g/mol. The van der Waals surface area contributed by atoms with E-state index in [0.29, 0.717) is 36.5 Å². The highest BCUT2D eigenvalue weighted by atomic mass is 16.5. The summed E-state index contributed by atoms with van der Waals surface area (Å²) in [7, 11) is 1.58. The van der Waals surface area contributed by atoms with E-state index >= 15 is 0 Å². The number of hydrogen-bond donors (Lipinski definition) is 0. The predicted octanol–water partition coefficient (Wildman–Crippen LogP) is 1.97. The van der Waals surface area contributed by atoms with Crippen LogP contribution in [-0.2, 0) is 22.6 Å². The van der Waals surface area contributed by atoms with E-state index in [9.17, 15) is 9.59 Å². The second-order valence-corrected chi connectivity index (χ2v) is 5.98. The molecule has 0 N–H and O–H groups in total. The van der Waals surface area contributed by atoms with E-state index in [0.717, 1.165) is 5.39 Å². The Morgan fingerprint density at radius 1 is 1.23 bits per heavy atom. The number of furan rings is 1. The number of ether oxygens (including phenoxy) is 1. The van der Waals surface area contributed by atoms with Crippen molar-refractivity contribution in [3.8, 4) is 0 Å². The summed E-state index contributed by atoms with van der Waals surface area (Å²) in [4.78, 5) is 27.0. The van der Waals surface area contributed by atoms with Crippen molar-refractivity contribution in [2.45, 2.75) is 20.0 Å². The fourth-order valence-electron chi connectivity index (χ4n) is 2.82. The summed E-state index contributed by atoms with van der Waals surface area (Å²) in [5.41, 5.74) is 0.437. The van der Waals surface area contributed by atoms with Crippen molar-refractivity contribution in [1.29, 1.82) is 0 Å². The van der Waals surface area contributed by atoms with Gasteiger partial charge in [0, 0.05) is 19.0 Å². The minimum absolute atomic E-state index is 0.130. The molecule has 0 radical (unpaired) electrons. The molecule has 1 aromatic carbocycles. The number of nitrogens with zero attached hydrogens (tertiary/aromatic N) is 3. The smallest absolute Gasteiger partial charge is 0.275 e. The van der Waals surface area contributed by atoms with Gasteiger partial charge in [0.2, 0.25) is 5.91 Å². The first-order valence-electron chi connectivity index (χ1n) is 8.35. The summed E-state index contributed by atoms with van der Waals surface area (Å²) in [5.74, 6) is 0.451. The molecule has 3 aromatic rings. The van der Waals surface area contributed by atoms with Crippen molar-refractivity contribution in [2.75, 3.05) is 20.3 Å². The summed E-state index contributed by atoms with van der Waals surface area (Å²) in [6, 6.07) is 10.8. The molecule has 1 amide bonds. The average Bonchev–Trinajstić information content (AvgIpc) is 3.16. The van der Waals surface area contributed by atoms with Gasteiger partial charge in [0.25, 0.3) is 5.56 Å². The Morgan fingerprint density at radius 3 is 2.69 bits per heavy atom. The fraction of sp³-hybridized carbons (Fsp3) is 0.316. The van der Waals surface area contributed by atoms with Gasteiger partial charge >= 0.3 is 0 Å². The van der Waals surface area contributed by atoms with Crippen LogP contribution < -0.4 is 5.56 Å². The first-order chi connectivity index (χ1) is 12.6. The van der Waals surface area contributed by atoms with Gasteiger partial charge in [-0.15, -0.1) is 0 Å². The van der Waals surface area contributed by atoms with Crippen LogP contribution in [0.5, 0.6) is 0 Å². The highest BCUT2D eigenvalue weighted by Gasteiger charge is 2.18. The number of carbonyl (C=O) groups excluding carboxylic acids is 1. The fourth-order valence-corrected chi connectivity index (χ4v) is 2.82. The summed E-state index contributed by atoms with van der Waals surface area (Å²) >= 11 is 0. The molecule has 0 aliphatic rings. The Balaban J connectivity index is 1.85. The van der Waals surface area contributed by atoms with Crippen LogP contribution in [0.4, 0.5) is 0 Å².